The number of ether oxygens (including phenoxy) is 2. The molecule has 0 aliphatic carbocycles. The largest absolute Gasteiger partial charge is 0.490 e. The molecule has 0 fully saturated rings. The van der Waals surface area contributed by atoms with Gasteiger partial charge < -0.3 is 14.8 Å². The monoisotopic (exact) mass is 421 g/mol. The number of nitrogens with one attached hydrogen (secondary N) is 1. The Kier molecular flexibility index (Phi) is 6.64. The Bertz CT molecular complexity index is 1050. The molecule has 1 N–H and O–H groups in total. The number of hydrogen-bond donors (Lipinski definition) is 1. The van der Waals surface area contributed by atoms with Gasteiger partial charge in [-0.25, -0.2) is 9.18 Å². The summed E-state index contributed by atoms with van der Waals surface area (Å²) in [4.78, 5) is 12.8. The maximum Gasteiger partial charge on any atom is 0.340 e. The zero-order chi connectivity index (χ0) is 22.6. The Labute approximate surface area is 183 Å². The maximum absolute atomic E-state index is 13.3. The second-order valence-corrected chi connectivity index (χ2v) is 8.56. The zero-order valence-electron chi connectivity index (χ0n) is 18.5. The Morgan fingerprint density at radius 2 is 1.65 bits per heavy atom. The van der Waals surface area contributed by atoms with Crippen molar-refractivity contribution in [1.29, 1.82) is 0 Å². The van der Waals surface area contributed by atoms with Crippen LogP contribution in [-0.4, -0.2) is 17.7 Å². The standard InChI is InChI=1S/C26H28FNO3/c1-17(2)30-24-9-7-6-8-21(24)18-10-15-22(25(29)31-26(3,4)5)23(16-18)28-20-13-11-19(27)12-14-20/h6-17,28H,1-5H3. The van der Waals surface area contributed by atoms with Crippen LogP contribution in [0, 0.1) is 5.82 Å². The molecule has 0 amide bonds. The molecule has 0 aliphatic heterocycles. The summed E-state index contributed by atoms with van der Waals surface area (Å²) in [6.45, 7) is 9.43. The molecule has 0 unspecified atom stereocenters. The fourth-order valence-electron chi connectivity index (χ4n) is 3.08. The van der Waals surface area contributed by atoms with E-state index in [1.54, 1.807) is 18.2 Å². The van der Waals surface area contributed by atoms with Crippen LogP contribution in [0.5, 0.6) is 5.75 Å². The summed E-state index contributed by atoms with van der Waals surface area (Å²) >= 11 is 0. The van der Waals surface area contributed by atoms with Gasteiger partial charge in [-0.1, -0.05) is 24.3 Å². The summed E-state index contributed by atoms with van der Waals surface area (Å²) in [6, 6.07) is 19.2. The third-order valence-electron chi connectivity index (χ3n) is 4.32. The maximum atomic E-state index is 13.3. The van der Waals surface area contributed by atoms with Gasteiger partial charge in [0.15, 0.2) is 0 Å². The van der Waals surface area contributed by atoms with Crippen molar-refractivity contribution in [1.82, 2.24) is 0 Å². The van der Waals surface area contributed by atoms with E-state index in [1.165, 1.54) is 12.1 Å². The minimum absolute atomic E-state index is 0.0268. The first-order valence-electron chi connectivity index (χ1n) is 10.3. The molecule has 0 saturated carbocycles. The second-order valence-electron chi connectivity index (χ2n) is 8.56. The Morgan fingerprint density at radius 3 is 2.29 bits per heavy atom. The van der Waals surface area contributed by atoms with Gasteiger partial charge in [0.25, 0.3) is 0 Å². The lowest BCUT2D eigenvalue weighted by Crippen LogP contribution is -2.24. The molecule has 0 saturated heterocycles. The number of carbonyl (C=O) groups excluding carboxylic acids is 1. The van der Waals surface area contributed by atoms with Crippen molar-refractivity contribution >= 4 is 17.3 Å². The number of rotatable bonds is 6. The van der Waals surface area contributed by atoms with Crippen molar-refractivity contribution in [3.63, 3.8) is 0 Å². The van der Waals surface area contributed by atoms with Gasteiger partial charge >= 0.3 is 5.97 Å². The summed E-state index contributed by atoms with van der Waals surface area (Å²) in [5.74, 6) is -0.00273. The molecule has 4 nitrogen and oxygen atoms in total. The molecule has 0 aromatic heterocycles. The molecular weight excluding hydrogens is 393 g/mol. The molecule has 31 heavy (non-hydrogen) atoms. The van der Waals surface area contributed by atoms with Crippen LogP contribution >= 0.6 is 0 Å². The van der Waals surface area contributed by atoms with Gasteiger partial charge in [0, 0.05) is 11.3 Å². The highest BCUT2D eigenvalue weighted by Gasteiger charge is 2.21. The van der Waals surface area contributed by atoms with Crippen LogP contribution in [-0.2, 0) is 4.74 Å². The van der Waals surface area contributed by atoms with Crippen LogP contribution < -0.4 is 10.1 Å². The normalized spacial score (nSPS) is 11.3. The molecule has 3 aromatic rings. The Morgan fingerprint density at radius 1 is 0.968 bits per heavy atom. The van der Waals surface area contributed by atoms with E-state index in [9.17, 15) is 9.18 Å². The summed E-state index contributed by atoms with van der Waals surface area (Å²) in [7, 11) is 0. The first kappa shape index (κ1) is 22.3. The lowest BCUT2D eigenvalue weighted by Gasteiger charge is -2.21. The van der Waals surface area contributed by atoms with Gasteiger partial charge in [0.1, 0.15) is 17.2 Å². The summed E-state index contributed by atoms with van der Waals surface area (Å²) in [5, 5.41) is 3.23. The van der Waals surface area contributed by atoms with E-state index < -0.39 is 11.6 Å². The molecule has 3 rings (SSSR count). The average Bonchev–Trinajstić information content (AvgIpc) is 2.68. The number of benzene rings is 3. The summed E-state index contributed by atoms with van der Waals surface area (Å²) in [5.41, 5.74) is 2.79. The highest BCUT2D eigenvalue weighted by atomic mass is 19.1. The third-order valence-corrected chi connectivity index (χ3v) is 4.32. The van der Waals surface area contributed by atoms with Gasteiger partial charge in [-0.2, -0.15) is 0 Å². The van der Waals surface area contributed by atoms with Gasteiger partial charge in [0.05, 0.1) is 17.4 Å². The number of carbonyl (C=O) groups is 1. The van der Waals surface area contributed by atoms with Gasteiger partial charge in [-0.3, -0.25) is 0 Å². The molecule has 0 bridgehead atoms. The number of halogens is 1. The molecule has 162 valence electrons. The fraction of sp³-hybridized carbons (Fsp3) is 0.269. The lowest BCUT2D eigenvalue weighted by molar-refractivity contribution is 0.00707. The topological polar surface area (TPSA) is 47.6 Å². The zero-order valence-corrected chi connectivity index (χ0v) is 18.5. The smallest absolute Gasteiger partial charge is 0.340 e. The van der Waals surface area contributed by atoms with Crippen LogP contribution in [0.1, 0.15) is 45.0 Å². The highest BCUT2D eigenvalue weighted by Crippen LogP contribution is 2.34. The van der Waals surface area contributed by atoms with Crippen molar-refractivity contribution in [3.05, 3.63) is 78.1 Å². The van der Waals surface area contributed by atoms with E-state index in [4.69, 9.17) is 9.47 Å². The van der Waals surface area contributed by atoms with E-state index in [1.807, 2.05) is 71.0 Å². The molecule has 0 heterocycles. The van der Waals surface area contributed by atoms with Crippen LogP contribution in [0.3, 0.4) is 0 Å². The Hall–Kier alpha value is -3.34. The van der Waals surface area contributed by atoms with Gasteiger partial charge in [0.2, 0.25) is 0 Å². The van der Waals surface area contributed by atoms with E-state index in [0.717, 1.165) is 16.9 Å². The van der Waals surface area contributed by atoms with E-state index in [2.05, 4.69) is 5.32 Å². The van der Waals surface area contributed by atoms with Crippen molar-refractivity contribution in [3.8, 4) is 16.9 Å². The predicted octanol–water partition coefficient (Wildman–Crippen LogP) is 6.98. The van der Waals surface area contributed by atoms with Crippen LogP contribution in [0.15, 0.2) is 66.7 Å². The Balaban J connectivity index is 2.06. The van der Waals surface area contributed by atoms with Crippen molar-refractivity contribution in [2.24, 2.45) is 0 Å². The predicted molar refractivity (Wildman–Crippen MR) is 122 cm³/mol. The highest BCUT2D eigenvalue weighted by molar-refractivity contribution is 5.98. The average molecular weight is 422 g/mol. The minimum Gasteiger partial charge on any atom is -0.490 e. The number of hydrogen-bond acceptors (Lipinski definition) is 4. The molecule has 5 heteroatoms. The van der Waals surface area contributed by atoms with E-state index >= 15 is 0 Å². The molecule has 0 radical (unpaired) electrons. The lowest BCUT2D eigenvalue weighted by atomic mass is 10.0. The van der Waals surface area contributed by atoms with Crippen molar-refractivity contribution in [2.75, 3.05) is 5.32 Å². The van der Waals surface area contributed by atoms with Crippen molar-refractivity contribution in [2.45, 2.75) is 46.3 Å². The second kappa shape index (κ2) is 9.21. The number of esters is 1. The van der Waals surface area contributed by atoms with Crippen LogP contribution in [0.25, 0.3) is 11.1 Å². The van der Waals surface area contributed by atoms with Gasteiger partial charge in [-0.05, 0) is 82.6 Å². The molecule has 0 spiro atoms. The third kappa shape index (κ3) is 6.07. The summed E-state index contributed by atoms with van der Waals surface area (Å²) in [6.07, 6.45) is 0.0268. The van der Waals surface area contributed by atoms with Crippen LogP contribution in [0.4, 0.5) is 15.8 Å². The van der Waals surface area contributed by atoms with Crippen molar-refractivity contribution < 1.29 is 18.7 Å². The SMILES string of the molecule is CC(C)Oc1ccccc1-c1ccc(C(=O)OC(C)(C)C)c(Nc2ccc(F)cc2)c1. The van der Waals surface area contributed by atoms with Crippen LogP contribution in [0.2, 0.25) is 0 Å². The number of para-hydroxylation sites is 1. The fourth-order valence-corrected chi connectivity index (χ4v) is 3.08. The minimum atomic E-state index is -0.624. The molecular formula is C26H28FNO3. The number of anilines is 2. The molecule has 0 atom stereocenters. The summed E-state index contributed by atoms with van der Waals surface area (Å²) < 4.78 is 24.9. The first-order chi connectivity index (χ1) is 14.6. The van der Waals surface area contributed by atoms with E-state index in [-0.39, 0.29) is 11.9 Å². The van der Waals surface area contributed by atoms with E-state index in [0.29, 0.717) is 16.9 Å². The first-order valence-corrected chi connectivity index (χ1v) is 10.3. The molecule has 0 aliphatic rings. The molecule has 3 aromatic carbocycles. The quantitative estimate of drug-likeness (QED) is 0.436. The van der Waals surface area contributed by atoms with Gasteiger partial charge in [-0.15, -0.1) is 0 Å².